The van der Waals surface area contributed by atoms with Crippen LogP contribution in [0.4, 0.5) is 0 Å². The fourth-order valence-electron chi connectivity index (χ4n) is 1.84. The van der Waals surface area contributed by atoms with Crippen molar-refractivity contribution in [1.29, 1.82) is 0 Å². The Kier molecular flexibility index (Phi) is 6.48. The Morgan fingerprint density at radius 3 is 2.43 bits per heavy atom. The van der Waals surface area contributed by atoms with E-state index in [1.54, 1.807) is 6.92 Å². The number of ether oxygens (including phenoxy) is 1. The summed E-state index contributed by atoms with van der Waals surface area (Å²) in [5.41, 5.74) is 0.604. The molecule has 0 bridgehead atoms. The molecular weight excluding hydrogens is 314 g/mol. The number of carbonyl (C=O) groups excluding carboxylic acids is 1. The van der Waals surface area contributed by atoms with Crippen LogP contribution in [-0.4, -0.2) is 27.0 Å². The number of carbonyl (C=O) groups is 1. The van der Waals surface area contributed by atoms with Crippen molar-refractivity contribution in [1.82, 2.24) is 5.32 Å². The molecule has 0 aromatic heterocycles. The van der Waals surface area contributed by atoms with E-state index in [2.05, 4.69) is 5.32 Å². The van der Waals surface area contributed by atoms with Crippen LogP contribution in [0, 0.1) is 6.92 Å². The topological polar surface area (TPSA) is 72.5 Å². The zero-order chi connectivity index (χ0) is 16.0. The van der Waals surface area contributed by atoms with Crippen LogP contribution in [0.25, 0.3) is 0 Å². The summed E-state index contributed by atoms with van der Waals surface area (Å²) in [6, 6.07) is 4.40. The van der Waals surface area contributed by atoms with E-state index in [4.69, 9.17) is 15.4 Å². The second-order valence-electron chi connectivity index (χ2n) is 4.73. The van der Waals surface area contributed by atoms with Crippen molar-refractivity contribution < 1.29 is 17.9 Å². The number of benzene rings is 1. The highest BCUT2D eigenvalue weighted by Gasteiger charge is 2.13. The maximum atomic E-state index is 11.7. The molecular formula is C14H20ClNO4S. The lowest BCUT2D eigenvalue weighted by Crippen LogP contribution is -2.37. The molecule has 118 valence electrons. The van der Waals surface area contributed by atoms with Gasteiger partial charge in [-0.15, -0.1) is 0 Å². The molecule has 0 atom stereocenters. The fraction of sp³-hybridized carbons (Fsp3) is 0.500. The first kappa shape index (κ1) is 17.8. The number of amides is 1. The van der Waals surface area contributed by atoms with Gasteiger partial charge >= 0.3 is 0 Å². The Morgan fingerprint density at radius 1 is 1.33 bits per heavy atom. The van der Waals surface area contributed by atoms with E-state index < -0.39 is 9.05 Å². The predicted octanol–water partition coefficient (Wildman–Crippen LogP) is 2.61. The smallest absolute Gasteiger partial charge is 0.261 e. The van der Waals surface area contributed by atoms with Crippen LogP contribution < -0.4 is 10.1 Å². The second-order valence-corrected chi connectivity index (χ2v) is 7.30. The number of hydrogen-bond donors (Lipinski definition) is 1. The summed E-state index contributed by atoms with van der Waals surface area (Å²) in [4.78, 5) is 11.7. The van der Waals surface area contributed by atoms with Crippen LogP contribution in [0.3, 0.4) is 0 Å². The largest absolute Gasteiger partial charge is 0.484 e. The van der Waals surface area contributed by atoms with Crippen molar-refractivity contribution in [3.63, 3.8) is 0 Å². The molecule has 0 saturated heterocycles. The minimum Gasteiger partial charge on any atom is -0.484 e. The standard InChI is InChI=1S/C14H20ClNO4S/c1-4-11(5-2)16-14(17)9-20-13-7-6-12(8-10(13)3)21(15,18)19/h6-8,11H,4-5,9H2,1-3H3,(H,16,17). The average molecular weight is 334 g/mol. The zero-order valence-electron chi connectivity index (χ0n) is 12.3. The van der Waals surface area contributed by atoms with Crippen molar-refractivity contribution in [3.05, 3.63) is 23.8 Å². The van der Waals surface area contributed by atoms with Gasteiger partial charge < -0.3 is 10.1 Å². The van der Waals surface area contributed by atoms with E-state index in [1.165, 1.54) is 18.2 Å². The van der Waals surface area contributed by atoms with Crippen molar-refractivity contribution >= 4 is 25.6 Å². The molecule has 1 amide bonds. The predicted molar refractivity (Wildman–Crippen MR) is 82.2 cm³/mol. The maximum Gasteiger partial charge on any atom is 0.261 e. The third-order valence-corrected chi connectivity index (χ3v) is 4.49. The minimum atomic E-state index is -3.76. The van der Waals surface area contributed by atoms with Gasteiger partial charge in [-0.3, -0.25) is 4.79 Å². The molecule has 0 spiro atoms. The molecule has 0 aliphatic heterocycles. The van der Waals surface area contributed by atoms with Gasteiger partial charge in [-0.2, -0.15) is 0 Å². The van der Waals surface area contributed by atoms with Crippen molar-refractivity contribution in [3.8, 4) is 5.75 Å². The molecule has 0 unspecified atom stereocenters. The van der Waals surface area contributed by atoms with E-state index in [9.17, 15) is 13.2 Å². The summed E-state index contributed by atoms with van der Waals surface area (Å²) in [7, 11) is 1.51. The summed E-state index contributed by atoms with van der Waals surface area (Å²) in [6.45, 7) is 5.60. The molecule has 0 aliphatic rings. The van der Waals surface area contributed by atoms with Gasteiger partial charge in [0.25, 0.3) is 15.0 Å². The molecule has 0 saturated carbocycles. The van der Waals surface area contributed by atoms with E-state index in [0.29, 0.717) is 11.3 Å². The molecule has 0 radical (unpaired) electrons. The summed E-state index contributed by atoms with van der Waals surface area (Å²) in [5.74, 6) is 0.260. The van der Waals surface area contributed by atoms with Gasteiger partial charge in [0.05, 0.1) is 4.90 Å². The summed E-state index contributed by atoms with van der Waals surface area (Å²) in [6.07, 6.45) is 1.73. The number of nitrogens with one attached hydrogen (secondary N) is 1. The van der Waals surface area contributed by atoms with Gasteiger partial charge in [-0.25, -0.2) is 8.42 Å². The normalized spacial score (nSPS) is 11.5. The fourth-order valence-corrected chi connectivity index (χ4v) is 2.68. The first-order chi connectivity index (χ1) is 9.77. The van der Waals surface area contributed by atoms with Crippen LogP contribution in [0.15, 0.2) is 23.1 Å². The van der Waals surface area contributed by atoms with Crippen molar-refractivity contribution in [2.45, 2.75) is 44.6 Å². The lowest BCUT2D eigenvalue weighted by molar-refractivity contribution is -0.123. The van der Waals surface area contributed by atoms with Crippen molar-refractivity contribution in [2.24, 2.45) is 0 Å². The van der Waals surface area contributed by atoms with Crippen LogP contribution in [0.2, 0.25) is 0 Å². The molecule has 7 heteroatoms. The monoisotopic (exact) mass is 333 g/mol. The number of rotatable bonds is 7. The summed E-state index contributed by atoms with van der Waals surface area (Å²) >= 11 is 0. The molecule has 1 aromatic carbocycles. The van der Waals surface area contributed by atoms with Gasteiger partial charge in [0.15, 0.2) is 6.61 Å². The van der Waals surface area contributed by atoms with E-state index >= 15 is 0 Å². The molecule has 0 fully saturated rings. The molecule has 1 aromatic rings. The van der Waals surface area contributed by atoms with Crippen LogP contribution in [0.1, 0.15) is 32.3 Å². The highest BCUT2D eigenvalue weighted by Crippen LogP contribution is 2.23. The van der Waals surface area contributed by atoms with E-state index in [1.807, 2.05) is 13.8 Å². The van der Waals surface area contributed by atoms with Gasteiger partial charge in [0, 0.05) is 16.7 Å². The van der Waals surface area contributed by atoms with Gasteiger partial charge in [0.1, 0.15) is 5.75 Å². The molecule has 1 rings (SSSR count). The van der Waals surface area contributed by atoms with E-state index in [-0.39, 0.29) is 23.5 Å². The quantitative estimate of drug-likeness (QED) is 0.778. The number of halogens is 1. The first-order valence-corrected chi connectivity index (χ1v) is 9.06. The Bertz CT molecular complexity index is 597. The minimum absolute atomic E-state index is 0.00972. The summed E-state index contributed by atoms with van der Waals surface area (Å²) in [5, 5.41) is 2.86. The van der Waals surface area contributed by atoms with Crippen LogP contribution in [-0.2, 0) is 13.8 Å². The zero-order valence-corrected chi connectivity index (χ0v) is 13.9. The molecule has 0 heterocycles. The van der Waals surface area contributed by atoms with Gasteiger partial charge in [-0.1, -0.05) is 13.8 Å². The van der Waals surface area contributed by atoms with Crippen molar-refractivity contribution in [2.75, 3.05) is 6.61 Å². The Hall–Kier alpha value is -1.27. The Labute approximate surface area is 130 Å². The van der Waals surface area contributed by atoms with E-state index in [0.717, 1.165) is 12.8 Å². The maximum absolute atomic E-state index is 11.7. The Morgan fingerprint density at radius 2 is 1.95 bits per heavy atom. The molecule has 0 aliphatic carbocycles. The number of hydrogen-bond acceptors (Lipinski definition) is 4. The molecule has 1 N–H and O–H groups in total. The second kappa shape index (κ2) is 7.66. The summed E-state index contributed by atoms with van der Waals surface area (Å²) < 4.78 is 27.8. The average Bonchev–Trinajstić information content (AvgIpc) is 2.42. The third kappa shape index (κ3) is 5.55. The Balaban J connectivity index is 2.66. The third-order valence-electron chi connectivity index (χ3n) is 3.14. The molecule has 5 nitrogen and oxygen atoms in total. The molecule has 21 heavy (non-hydrogen) atoms. The SMILES string of the molecule is CCC(CC)NC(=O)COc1ccc(S(=O)(=O)Cl)cc1C. The lowest BCUT2D eigenvalue weighted by atomic mass is 10.2. The van der Waals surface area contributed by atoms with Gasteiger partial charge in [0.2, 0.25) is 0 Å². The highest BCUT2D eigenvalue weighted by molar-refractivity contribution is 8.13. The highest BCUT2D eigenvalue weighted by atomic mass is 35.7. The van der Waals surface area contributed by atoms with Gasteiger partial charge in [-0.05, 0) is 43.5 Å². The van der Waals surface area contributed by atoms with Crippen LogP contribution >= 0.6 is 10.7 Å². The number of aryl methyl sites for hydroxylation is 1. The first-order valence-electron chi connectivity index (χ1n) is 6.75. The van der Waals surface area contributed by atoms with Crippen LogP contribution in [0.5, 0.6) is 5.75 Å². The lowest BCUT2D eigenvalue weighted by Gasteiger charge is -2.15.